The summed E-state index contributed by atoms with van der Waals surface area (Å²) in [5.74, 6) is 0.142. The Bertz CT molecular complexity index is 394. The van der Waals surface area contributed by atoms with E-state index in [2.05, 4.69) is 5.32 Å². The Hall–Kier alpha value is -1.23. The monoisotopic (exact) mass is 323 g/mol. The van der Waals surface area contributed by atoms with Crippen molar-refractivity contribution in [3.05, 3.63) is 6.42 Å². The zero-order valence-electron chi connectivity index (χ0n) is 14.9. The van der Waals surface area contributed by atoms with E-state index in [1.54, 1.807) is 6.42 Å². The van der Waals surface area contributed by atoms with Crippen LogP contribution in [0, 0.1) is 18.3 Å². The van der Waals surface area contributed by atoms with Gasteiger partial charge in [0.05, 0.1) is 19.0 Å². The van der Waals surface area contributed by atoms with Crippen molar-refractivity contribution in [1.29, 1.82) is 0 Å². The SMILES string of the molecule is CC(C)C[CH]C(=O)N(C(=O)CCC(C)C)[C@H]1CCCNCC1=O. The fraction of sp³-hybridized carbons (Fsp3) is 0.778. The van der Waals surface area contributed by atoms with Gasteiger partial charge >= 0.3 is 0 Å². The number of nitrogens with one attached hydrogen (secondary N) is 1. The average molecular weight is 323 g/mol. The molecule has 1 aliphatic heterocycles. The minimum atomic E-state index is -0.611. The lowest BCUT2D eigenvalue weighted by Crippen LogP contribution is -2.49. The van der Waals surface area contributed by atoms with Crippen LogP contribution in [-0.2, 0) is 14.4 Å². The molecule has 0 spiro atoms. The van der Waals surface area contributed by atoms with E-state index in [-0.39, 0.29) is 24.1 Å². The molecule has 0 bridgehead atoms. The van der Waals surface area contributed by atoms with E-state index in [0.717, 1.165) is 19.4 Å². The first-order valence-corrected chi connectivity index (χ1v) is 8.75. The summed E-state index contributed by atoms with van der Waals surface area (Å²) >= 11 is 0. The molecule has 0 aromatic carbocycles. The third kappa shape index (κ3) is 6.81. The number of carbonyl (C=O) groups is 3. The molecule has 1 heterocycles. The van der Waals surface area contributed by atoms with Crippen molar-refractivity contribution >= 4 is 17.6 Å². The zero-order valence-corrected chi connectivity index (χ0v) is 14.9. The van der Waals surface area contributed by atoms with Crippen LogP contribution in [0.2, 0.25) is 0 Å². The van der Waals surface area contributed by atoms with E-state index in [1.165, 1.54) is 4.90 Å². The van der Waals surface area contributed by atoms with Crippen LogP contribution < -0.4 is 5.32 Å². The summed E-state index contributed by atoms with van der Waals surface area (Å²) < 4.78 is 0. The number of rotatable bonds is 7. The van der Waals surface area contributed by atoms with Crippen molar-refractivity contribution in [3.8, 4) is 0 Å². The number of carbonyl (C=O) groups excluding carboxylic acids is 3. The molecule has 1 aliphatic rings. The molecular formula is C18H31N2O3. The van der Waals surface area contributed by atoms with Gasteiger partial charge in [-0.3, -0.25) is 19.3 Å². The summed E-state index contributed by atoms with van der Waals surface area (Å²) in [5.41, 5.74) is 0. The molecule has 0 unspecified atom stereocenters. The molecule has 1 N–H and O–H groups in total. The second kappa shape index (κ2) is 9.81. The summed E-state index contributed by atoms with van der Waals surface area (Å²) in [6, 6.07) is -0.611. The highest BCUT2D eigenvalue weighted by molar-refractivity contribution is 6.04. The highest BCUT2D eigenvalue weighted by Gasteiger charge is 2.34. The van der Waals surface area contributed by atoms with Crippen molar-refractivity contribution in [1.82, 2.24) is 10.2 Å². The fourth-order valence-electron chi connectivity index (χ4n) is 2.60. The Morgan fingerprint density at radius 1 is 1.26 bits per heavy atom. The second-order valence-corrected chi connectivity index (χ2v) is 7.17. The van der Waals surface area contributed by atoms with Gasteiger partial charge in [0, 0.05) is 6.42 Å². The molecule has 0 aromatic rings. The first-order chi connectivity index (χ1) is 10.8. The van der Waals surface area contributed by atoms with E-state index < -0.39 is 6.04 Å². The van der Waals surface area contributed by atoms with Gasteiger partial charge in [-0.05, 0) is 44.1 Å². The Morgan fingerprint density at radius 3 is 2.57 bits per heavy atom. The molecule has 2 amide bonds. The van der Waals surface area contributed by atoms with Gasteiger partial charge < -0.3 is 5.32 Å². The van der Waals surface area contributed by atoms with Crippen LogP contribution in [0.1, 0.15) is 59.8 Å². The maximum absolute atomic E-state index is 12.6. The van der Waals surface area contributed by atoms with Crippen LogP contribution >= 0.6 is 0 Å². The number of ketones is 1. The normalized spacial score (nSPS) is 19.0. The lowest BCUT2D eigenvalue weighted by molar-refractivity contribution is -0.150. The number of nitrogens with zero attached hydrogens (tertiary/aromatic N) is 1. The van der Waals surface area contributed by atoms with Gasteiger partial charge in [0.15, 0.2) is 5.78 Å². The highest BCUT2D eigenvalue weighted by Crippen LogP contribution is 2.17. The maximum atomic E-state index is 12.6. The smallest absolute Gasteiger partial charge is 0.233 e. The molecule has 1 rings (SSSR count). The third-order valence-electron chi connectivity index (χ3n) is 4.02. The van der Waals surface area contributed by atoms with Gasteiger partial charge in [-0.2, -0.15) is 0 Å². The summed E-state index contributed by atoms with van der Waals surface area (Å²) in [4.78, 5) is 38.7. The van der Waals surface area contributed by atoms with Crippen LogP contribution in [0.5, 0.6) is 0 Å². The zero-order chi connectivity index (χ0) is 17.4. The Labute approximate surface area is 140 Å². The number of imide groups is 1. The summed E-state index contributed by atoms with van der Waals surface area (Å²) in [5, 5.41) is 3.05. The number of Topliss-reactive ketones (excluding diaryl/α,β-unsaturated/α-hetero) is 1. The molecule has 0 aromatic heterocycles. The molecule has 5 heteroatoms. The van der Waals surface area contributed by atoms with Gasteiger partial charge in [0.1, 0.15) is 0 Å². The van der Waals surface area contributed by atoms with Gasteiger partial charge in [-0.25, -0.2) is 0 Å². The molecule has 1 radical (unpaired) electrons. The van der Waals surface area contributed by atoms with Crippen LogP contribution in [0.25, 0.3) is 0 Å². The van der Waals surface area contributed by atoms with E-state index in [9.17, 15) is 14.4 Å². The average Bonchev–Trinajstić information content (AvgIpc) is 2.68. The fourth-order valence-corrected chi connectivity index (χ4v) is 2.60. The number of amides is 2. The molecule has 1 fully saturated rings. The Morgan fingerprint density at radius 2 is 1.96 bits per heavy atom. The van der Waals surface area contributed by atoms with Crippen LogP contribution in [0.3, 0.4) is 0 Å². The van der Waals surface area contributed by atoms with E-state index >= 15 is 0 Å². The molecule has 5 nitrogen and oxygen atoms in total. The first kappa shape index (κ1) is 19.8. The predicted molar refractivity (Wildman–Crippen MR) is 90.6 cm³/mol. The predicted octanol–water partition coefficient (Wildman–Crippen LogP) is 2.35. The highest BCUT2D eigenvalue weighted by atomic mass is 16.2. The van der Waals surface area contributed by atoms with Crippen LogP contribution in [0.15, 0.2) is 0 Å². The minimum Gasteiger partial charge on any atom is -0.310 e. The quantitative estimate of drug-likeness (QED) is 0.781. The van der Waals surface area contributed by atoms with Gasteiger partial charge in [0.2, 0.25) is 11.8 Å². The lowest BCUT2D eigenvalue weighted by atomic mass is 10.0. The molecular weight excluding hydrogens is 292 g/mol. The Kier molecular flexibility index (Phi) is 8.45. The first-order valence-electron chi connectivity index (χ1n) is 8.75. The molecule has 0 saturated carbocycles. The van der Waals surface area contributed by atoms with E-state index in [0.29, 0.717) is 31.1 Å². The van der Waals surface area contributed by atoms with Gasteiger partial charge in [0.25, 0.3) is 0 Å². The van der Waals surface area contributed by atoms with Crippen molar-refractivity contribution < 1.29 is 14.4 Å². The van der Waals surface area contributed by atoms with Crippen LogP contribution in [-0.4, -0.2) is 41.6 Å². The van der Waals surface area contributed by atoms with E-state index in [1.807, 2.05) is 27.7 Å². The maximum Gasteiger partial charge on any atom is 0.233 e. The van der Waals surface area contributed by atoms with Crippen molar-refractivity contribution in [2.75, 3.05) is 13.1 Å². The molecule has 1 atom stereocenters. The summed E-state index contributed by atoms with van der Waals surface area (Å²) in [6.45, 7) is 9.12. The number of hydrogen-bond donors (Lipinski definition) is 1. The third-order valence-corrected chi connectivity index (χ3v) is 4.02. The van der Waals surface area contributed by atoms with Crippen LogP contribution in [0.4, 0.5) is 0 Å². The topological polar surface area (TPSA) is 66.5 Å². The van der Waals surface area contributed by atoms with E-state index in [4.69, 9.17) is 0 Å². The minimum absolute atomic E-state index is 0.0632. The van der Waals surface area contributed by atoms with Gasteiger partial charge in [-0.15, -0.1) is 0 Å². The van der Waals surface area contributed by atoms with Crippen molar-refractivity contribution in [2.45, 2.75) is 65.8 Å². The summed E-state index contributed by atoms with van der Waals surface area (Å²) in [6.07, 6.45) is 4.57. The standard InChI is InChI=1S/C18H31N2O3/c1-13(2)7-9-17(22)20(18(23)10-8-14(3)4)15-6-5-11-19-12-16(15)21/h9,13-15,19H,5-8,10-12H2,1-4H3/t15-/m0/s1. The molecule has 23 heavy (non-hydrogen) atoms. The summed E-state index contributed by atoms with van der Waals surface area (Å²) in [7, 11) is 0. The van der Waals surface area contributed by atoms with Crippen molar-refractivity contribution in [2.24, 2.45) is 11.8 Å². The molecule has 0 aliphatic carbocycles. The second-order valence-electron chi connectivity index (χ2n) is 7.17. The number of hydrogen-bond acceptors (Lipinski definition) is 4. The van der Waals surface area contributed by atoms with Crippen molar-refractivity contribution in [3.63, 3.8) is 0 Å². The largest absolute Gasteiger partial charge is 0.310 e. The Balaban J connectivity index is 2.87. The lowest BCUT2D eigenvalue weighted by Gasteiger charge is -2.29. The molecule has 131 valence electrons. The van der Waals surface area contributed by atoms with Gasteiger partial charge in [-0.1, -0.05) is 27.7 Å². The molecule has 1 saturated heterocycles.